The molecule has 25 heavy (non-hydrogen) atoms. The van der Waals surface area contributed by atoms with Crippen molar-refractivity contribution in [2.24, 2.45) is 5.92 Å². The molecule has 2 aromatic rings. The first-order chi connectivity index (χ1) is 12.0. The summed E-state index contributed by atoms with van der Waals surface area (Å²) in [7, 11) is 0. The normalized spacial score (nSPS) is 19.7. The highest BCUT2D eigenvalue weighted by atomic mass is 16.4. The van der Waals surface area contributed by atoms with E-state index in [1.54, 1.807) is 6.92 Å². The predicted molar refractivity (Wildman–Crippen MR) is 93.5 cm³/mol. The summed E-state index contributed by atoms with van der Waals surface area (Å²) in [5.74, 6) is -0.611. The van der Waals surface area contributed by atoms with Gasteiger partial charge in [0.25, 0.3) is 5.91 Å². The average Bonchev–Trinajstić information content (AvgIpc) is 3.15. The maximum absolute atomic E-state index is 12.7. The number of nitrogens with one attached hydrogen (secondary N) is 1. The summed E-state index contributed by atoms with van der Waals surface area (Å²) < 4.78 is 5.27. The van der Waals surface area contributed by atoms with Crippen LogP contribution in [0.1, 0.15) is 46.5 Å². The minimum Gasteiger partial charge on any atom is -0.481 e. The largest absolute Gasteiger partial charge is 0.481 e. The first-order valence-corrected chi connectivity index (χ1v) is 8.68. The van der Waals surface area contributed by atoms with Crippen molar-refractivity contribution in [3.8, 4) is 0 Å². The second kappa shape index (κ2) is 7.55. The third-order valence-corrected chi connectivity index (χ3v) is 4.91. The average molecular weight is 341 g/mol. The van der Waals surface area contributed by atoms with Crippen LogP contribution in [0, 0.1) is 12.8 Å². The highest BCUT2D eigenvalue weighted by Crippen LogP contribution is 2.29. The molecule has 0 bridgehead atoms. The van der Waals surface area contributed by atoms with Gasteiger partial charge in [0, 0.05) is 11.6 Å². The molecular formula is C20H23NO4. The Kier molecular flexibility index (Phi) is 5.22. The van der Waals surface area contributed by atoms with Crippen molar-refractivity contribution in [2.75, 3.05) is 0 Å². The van der Waals surface area contributed by atoms with Gasteiger partial charge in [-0.1, -0.05) is 36.8 Å². The van der Waals surface area contributed by atoms with Gasteiger partial charge < -0.3 is 14.8 Å². The maximum Gasteiger partial charge on any atom is 0.311 e. The standard InChI is InChI=1S/C20H23NO4/c1-13-12-25-17(11-18(22)23)19(13)20(24)21-16-9-5-8-15(16)10-14-6-3-2-4-7-14/h2-4,6-7,12,15-16H,5,8-11H2,1H3,(H,21,24)(H,22,23). The molecule has 0 aliphatic heterocycles. The van der Waals surface area contributed by atoms with Gasteiger partial charge in [-0.05, 0) is 37.7 Å². The molecule has 1 heterocycles. The van der Waals surface area contributed by atoms with Gasteiger partial charge in [-0.2, -0.15) is 0 Å². The third kappa shape index (κ3) is 4.10. The number of carboxylic acids is 1. The number of hydrogen-bond acceptors (Lipinski definition) is 3. The number of hydrogen-bond donors (Lipinski definition) is 2. The molecule has 0 saturated heterocycles. The summed E-state index contributed by atoms with van der Waals surface area (Å²) >= 11 is 0. The summed E-state index contributed by atoms with van der Waals surface area (Å²) in [6, 6.07) is 10.4. The fraction of sp³-hybridized carbons (Fsp3) is 0.400. The van der Waals surface area contributed by atoms with E-state index < -0.39 is 5.97 Å². The molecule has 3 rings (SSSR count). The number of rotatable bonds is 6. The van der Waals surface area contributed by atoms with E-state index in [9.17, 15) is 9.59 Å². The lowest BCUT2D eigenvalue weighted by atomic mass is 9.94. The van der Waals surface area contributed by atoms with Gasteiger partial charge in [0.1, 0.15) is 12.2 Å². The fourth-order valence-electron chi connectivity index (χ4n) is 3.70. The van der Waals surface area contributed by atoms with Gasteiger partial charge >= 0.3 is 5.97 Å². The molecule has 2 atom stereocenters. The Bertz CT molecular complexity index is 750. The smallest absolute Gasteiger partial charge is 0.311 e. The van der Waals surface area contributed by atoms with Crippen molar-refractivity contribution in [3.05, 3.63) is 59.0 Å². The van der Waals surface area contributed by atoms with Crippen LogP contribution in [0.25, 0.3) is 0 Å². The zero-order chi connectivity index (χ0) is 17.8. The van der Waals surface area contributed by atoms with Crippen molar-refractivity contribution in [1.82, 2.24) is 5.32 Å². The summed E-state index contributed by atoms with van der Waals surface area (Å²) in [6.45, 7) is 1.76. The van der Waals surface area contributed by atoms with E-state index in [0.29, 0.717) is 17.0 Å². The Morgan fingerprint density at radius 2 is 2.00 bits per heavy atom. The maximum atomic E-state index is 12.7. The molecule has 2 unspecified atom stereocenters. The van der Waals surface area contributed by atoms with E-state index in [1.807, 2.05) is 18.2 Å². The van der Waals surface area contributed by atoms with E-state index in [0.717, 1.165) is 25.7 Å². The van der Waals surface area contributed by atoms with Gasteiger partial charge in [-0.3, -0.25) is 9.59 Å². The monoisotopic (exact) mass is 341 g/mol. The van der Waals surface area contributed by atoms with Crippen LogP contribution in [0.3, 0.4) is 0 Å². The molecule has 5 heteroatoms. The highest BCUT2D eigenvalue weighted by molar-refractivity contribution is 5.97. The molecule has 132 valence electrons. The lowest BCUT2D eigenvalue weighted by Gasteiger charge is -2.21. The molecule has 1 aliphatic rings. The number of amides is 1. The molecule has 1 amide bonds. The lowest BCUT2D eigenvalue weighted by Crippen LogP contribution is -2.38. The number of carbonyl (C=O) groups is 2. The minimum absolute atomic E-state index is 0.111. The van der Waals surface area contributed by atoms with Gasteiger partial charge in [0.05, 0.1) is 11.8 Å². The van der Waals surface area contributed by atoms with Gasteiger partial charge in [0.15, 0.2) is 0 Å². The van der Waals surface area contributed by atoms with Crippen molar-refractivity contribution < 1.29 is 19.1 Å². The van der Waals surface area contributed by atoms with Crippen molar-refractivity contribution in [1.29, 1.82) is 0 Å². The molecule has 1 aromatic heterocycles. The van der Waals surface area contributed by atoms with Crippen molar-refractivity contribution in [3.63, 3.8) is 0 Å². The van der Waals surface area contributed by atoms with Gasteiger partial charge in [0.2, 0.25) is 0 Å². The van der Waals surface area contributed by atoms with E-state index >= 15 is 0 Å². The Hall–Kier alpha value is -2.56. The first kappa shape index (κ1) is 17.3. The Morgan fingerprint density at radius 3 is 2.72 bits per heavy atom. The summed E-state index contributed by atoms with van der Waals surface area (Å²) in [5, 5.41) is 12.1. The molecule has 1 fully saturated rings. The minimum atomic E-state index is -1.01. The Morgan fingerprint density at radius 1 is 1.24 bits per heavy atom. The molecular weight excluding hydrogens is 318 g/mol. The summed E-state index contributed by atoms with van der Waals surface area (Å²) in [4.78, 5) is 23.7. The fourth-order valence-corrected chi connectivity index (χ4v) is 3.70. The second-order valence-corrected chi connectivity index (χ2v) is 6.75. The third-order valence-electron chi connectivity index (χ3n) is 4.91. The van der Waals surface area contributed by atoms with Gasteiger partial charge in [-0.25, -0.2) is 0 Å². The molecule has 2 N–H and O–H groups in total. The molecule has 0 spiro atoms. The van der Waals surface area contributed by atoms with Crippen LogP contribution in [0.2, 0.25) is 0 Å². The van der Waals surface area contributed by atoms with Crippen LogP contribution >= 0.6 is 0 Å². The summed E-state index contributed by atoms with van der Waals surface area (Å²) in [6.07, 6.45) is 5.24. The second-order valence-electron chi connectivity index (χ2n) is 6.75. The molecule has 0 radical (unpaired) electrons. The van der Waals surface area contributed by atoms with Crippen LogP contribution in [0.5, 0.6) is 0 Å². The van der Waals surface area contributed by atoms with E-state index in [1.165, 1.54) is 11.8 Å². The number of aliphatic carboxylic acids is 1. The molecule has 1 aliphatic carbocycles. The zero-order valence-corrected chi connectivity index (χ0v) is 14.3. The number of carboxylic acid groups (broad SMARTS) is 1. The summed E-state index contributed by atoms with van der Waals surface area (Å²) in [5.41, 5.74) is 2.32. The molecule has 1 aromatic carbocycles. The Labute approximate surface area is 147 Å². The predicted octanol–water partition coefficient (Wildman–Crippen LogP) is 3.36. The molecule has 5 nitrogen and oxygen atoms in total. The van der Waals surface area contributed by atoms with E-state index in [-0.39, 0.29) is 24.1 Å². The van der Waals surface area contributed by atoms with Crippen LogP contribution in [0.4, 0.5) is 0 Å². The number of aryl methyl sites for hydroxylation is 1. The van der Waals surface area contributed by atoms with Crippen molar-refractivity contribution >= 4 is 11.9 Å². The van der Waals surface area contributed by atoms with Crippen LogP contribution < -0.4 is 5.32 Å². The number of furan rings is 1. The van der Waals surface area contributed by atoms with Crippen LogP contribution in [-0.2, 0) is 17.6 Å². The highest BCUT2D eigenvalue weighted by Gasteiger charge is 2.30. The Balaban J connectivity index is 1.70. The molecule has 1 saturated carbocycles. The lowest BCUT2D eigenvalue weighted by molar-refractivity contribution is -0.136. The van der Waals surface area contributed by atoms with E-state index in [4.69, 9.17) is 9.52 Å². The van der Waals surface area contributed by atoms with Crippen molar-refractivity contribution in [2.45, 2.75) is 45.1 Å². The number of benzene rings is 1. The quantitative estimate of drug-likeness (QED) is 0.844. The topological polar surface area (TPSA) is 79.5 Å². The zero-order valence-electron chi connectivity index (χ0n) is 14.3. The first-order valence-electron chi connectivity index (χ1n) is 8.68. The van der Waals surface area contributed by atoms with E-state index in [2.05, 4.69) is 17.4 Å². The SMILES string of the molecule is Cc1coc(CC(=O)O)c1C(=O)NC1CCCC1Cc1ccccc1. The van der Waals surface area contributed by atoms with Gasteiger partial charge in [-0.15, -0.1) is 0 Å². The van der Waals surface area contributed by atoms with Crippen LogP contribution in [-0.4, -0.2) is 23.0 Å². The number of carbonyl (C=O) groups excluding carboxylic acids is 1. The van der Waals surface area contributed by atoms with Crippen LogP contribution in [0.15, 0.2) is 41.0 Å².